The van der Waals surface area contributed by atoms with E-state index in [9.17, 15) is 31.1 Å². The Morgan fingerprint density at radius 1 is 0.862 bits per heavy atom. The molecule has 0 N–H and O–H groups in total. The fourth-order valence-electron chi connectivity index (χ4n) is 3.55. The summed E-state index contributed by atoms with van der Waals surface area (Å²) in [5.41, 5.74) is -2.39. The fourth-order valence-corrected chi connectivity index (χ4v) is 3.55. The molecule has 3 rings (SSSR count). The van der Waals surface area contributed by atoms with Gasteiger partial charge in [-0.3, -0.25) is 4.79 Å². The number of alkyl halides is 6. The van der Waals surface area contributed by atoms with Crippen LogP contribution in [-0.4, -0.2) is 23.9 Å². The predicted molar refractivity (Wildman–Crippen MR) is 95.2 cm³/mol. The zero-order valence-corrected chi connectivity index (χ0v) is 15.4. The highest BCUT2D eigenvalue weighted by Gasteiger charge is 2.38. The summed E-state index contributed by atoms with van der Waals surface area (Å²) in [6.07, 6.45) is -7.83. The third-order valence-corrected chi connectivity index (χ3v) is 5.10. The fraction of sp³-hybridized carbons (Fsp3) is 0.381. The topological polar surface area (TPSA) is 20.3 Å². The number of hydrogen-bond acceptors (Lipinski definition) is 1. The number of benzene rings is 2. The van der Waals surface area contributed by atoms with Gasteiger partial charge in [-0.1, -0.05) is 30.3 Å². The van der Waals surface area contributed by atoms with Crippen LogP contribution >= 0.6 is 0 Å². The van der Waals surface area contributed by atoms with Gasteiger partial charge in [0.05, 0.1) is 11.1 Å². The van der Waals surface area contributed by atoms with Gasteiger partial charge in [0.25, 0.3) is 5.91 Å². The molecule has 0 aromatic heterocycles. The molecule has 2 nitrogen and oxygen atoms in total. The maximum Gasteiger partial charge on any atom is 0.416 e. The van der Waals surface area contributed by atoms with E-state index in [1.807, 2.05) is 30.3 Å². The SMILES string of the molecule is O=C(c1cc(C(F)(F)F)cc(C(F)(F)F)c1)N1CCC(Cc2ccccc2)CC1. The second-order valence-corrected chi connectivity index (χ2v) is 7.22. The van der Waals surface area contributed by atoms with Crippen LogP contribution in [0.15, 0.2) is 48.5 Å². The summed E-state index contributed by atoms with van der Waals surface area (Å²) < 4.78 is 78.0. The lowest BCUT2D eigenvalue weighted by atomic mass is 9.90. The number of piperidine rings is 1. The summed E-state index contributed by atoms with van der Waals surface area (Å²) in [5.74, 6) is -0.492. The molecule has 2 aromatic carbocycles. The zero-order chi connectivity index (χ0) is 21.2. The van der Waals surface area contributed by atoms with Crippen molar-refractivity contribution in [3.05, 3.63) is 70.8 Å². The van der Waals surface area contributed by atoms with Gasteiger partial charge in [-0.15, -0.1) is 0 Å². The van der Waals surface area contributed by atoms with E-state index < -0.39 is 35.0 Å². The van der Waals surface area contributed by atoms with Crippen molar-refractivity contribution >= 4 is 5.91 Å². The molecule has 0 unspecified atom stereocenters. The number of amides is 1. The van der Waals surface area contributed by atoms with Crippen molar-refractivity contribution in [3.63, 3.8) is 0 Å². The molecule has 0 atom stereocenters. The van der Waals surface area contributed by atoms with Crippen molar-refractivity contribution in [1.29, 1.82) is 0 Å². The average molecular weight is 415 g/mol. The van der Waals surface area contributed by atoms with E-state index in [1.165, 1.54) is 4.90 Å². The van der Waals surface area contributed by atoms with Crippen LogP contribution in [0.1, 0.15) is 39.9 Å². The molecule has 2 aromatic rings. The van der Waals surface area contributed by atoms with E-state index in [0.29, 0.717) is 44.0 Å². The maximum atomic E-state index is 13.0. The molecule has 1 amide bonds. The summed E-state index contributed by atoms with van der Waals surface area (Å²) in [6, 6.07) is 10.8. The minimum Gasteiger partial charge on any atom is -0.339 e. The Kier molecular flexibility index (Phi) is 5.91. The number of carbonyl (C=O) groups excluding carboxylic acids is 1. The van der Waals surface area contributed by atoms with Gasteiger partial charge in [0.1, 0.15) is 0 Å². The molecule has 29 heavy (non-hydrogen) atoms. The lowest BCUT2D eigenvalue weighted by molar-refractivity contribution is -0.143. The predicted octanol–water partition coefficient (Wildman–Crippen LogP) is 5.82. The largest absolute Gasteiger partial charge is 0.416 e. The first-order valence-corrected chi connectivity index (χ1v) is 9.17. The van der Waals surface area contributed by atoms with E-state index in [2.05, 4.69) is 0 Å². The highest BCUT2D eigenvalue weighted by atomic mass is 19.4. The van der Waals surface area contributed by atoms with Gasteiger partial charge in [-0.25, -0.2) is 0 Å². The molecule has 0 saturated carbocycles. The molecule has 0 bridgehead atoms. The van der Waals surface area contributed by atoms with Gasteiger partial charge < -0.3 is 4.90 Å². The first kappa shape index (κ1) is 21.2. The van der Waals surface area contributed by atoms with Crippen LogP contribution in [0.3, 0.4) is 0 Å². The highest BCUT2D eigenvalue weighted by Crippen LogP contribution is 2.36. The second kappa shape index (κ2) is 8.08. The summed E-state index contributed by atoms with van der Waals surface area (Å²) >= 11 is 0. The number of hydrogen-bond donors (Lipinski definition) is 0. The first-order chi connectivity index (χ1) is 13.5. The molecule has 1 saturated heterocycles. The van der Waals surface area contributed by atoms with Gasteiger partial charge in [0, 0.05) is 18.7 Å². The summed E-state index contributed by atoms with van der Waals surface area (Å²) in [4.78, 5) is 13.9. The van der Waals surface area contributed by atoms with Crippen molar-refractivity contribution in [1.82, 2.24) is 4.90 Å². The molecule has 8 heteroatoms. The monoisotopic (exact) mass is 415 g/mol. The number of rotatable bonds is 3. The van der Waals surface area contributed by atoms with E-state index in [4.69, 9.17) is 0 Å². The van der Waals surface area contributed by atoms with Gasteiger partial charge in [-0.05, 0) is 48.9 Å². The van der Waals surface area contributed by atoms with E-state index in [0.717, 1.165) is 12.0 Å². The van der Waals surface area contributed by atoms with Crippen LogP contribution in [0.5, 0.6) is 0 Å². The van der Waals surface area contributed by atoms with Crippen molar-refractivity contribution in [2.75, 3.05) is 13.1 Å². The third kappa shape index (κ3) is 5.31. The van der Waals surface area contributed by atoms with Crippen LogP contribution in [0.4, 0.5) is 26.3 Å². The smallest absolute Gasteiger partial charge is 0.339 e. The molecule has 1 heterocycles. The van der Waals surface area contributed by atoms with Gasteiger partial charge in [0.15, 0.2) is 0 Å². The summed E-state index contributed by atoms with van der Waals surface area (Å²) in [6.45, 7) is 0.599. The Morgan fingerprint density at radius 2 is 1.38 bits per heavy atom. The molecular weight excluding hydrogens is 396 g/mol. The molecule has 156 valence electrons. The Labute approximate surface area is 164 Å². The Hall–Kier alpha value is -2.51. The Balaban J connectivity index is 1.73. The van der Waals surface area contributed by atoms with Gasteiger partial charge >= 0.3 is 12.4 Å². The number of carbonyl (C=O) groups is 1. The van der Waals surface area contributed by atoms with Crippen LogP contribution in [0, 0.1) is 5.92 Å². The minimum atomic E-state index is -4.97. The molecule has 0 radical (unpaired) electrons. The molecule has 0 spiro atoms. The summed E-state index contributed by atoms with van der Waals surface area (Å²) in [7, 11) is 0. The summed E-state index contributed by atoms with van der Waals surface area (Å²) in [5, 5.41) is 0. The molecule has 1 aliphatic heterocycles. The van der Waals surface area contributed by atoms with Crippen molar-refractivity contribution < 1.29 is 31.1 Å². The molecular formula is C21H19F6NO. The van der Waals surface area contributed by atoms with E-state index >= 15 is 0 Å². The van der Waals surface area contributed by atoms with E-state index in [1.54, 1.807) is 0 Å². The van der Waals surface area contributed by atoms with Gasteiger partial charge in [0.2, 0.25) is 0 Å². The van der Waals surface area contributed by atoms with Crippen LogP contribution in [-0.2, 0) is 18.8 Å². The second-order valence-electron chi connectivity index (χ2n) is 7.22. The average Bonchev–Trinajstić information content (AvgIpc) is 2.67. The van der Waals surface area contributed by atoms with Crippen molar-refractivity contribution in [2.45, 2.75) is 31.6 Å². The Bertz CT molecular complexity index is 819. The molecule has 1 fully saturated rings. The quantitative estimate of drug-likeness (QED) is 0.579. The van der Waals surface area contributed by atoms with Crippen LogP contribution in [0.25, 0.3) is 0 Å². The maximum absolute atomic E-state index is 13.0. The number of nitrogens with zero attached hydrogens (tertiary/aromatic N) is 1. The number of likely N-dealkylation sites (tertiary alicyclic amines) is 1. The van der Waals surface area contributed by atoms with Crippen LogP contribution in [0.2, 0.25) is 0 Å². The standard InChI is InChI=1S/C21H19F6NO/c22-20(23,24)17-11-16(12-18(13-17)21(25,26)27)19(29)28-8-6-15(7-9-28)10-14-4-2-1-3-5-14/h1-5,11-13,15H,6-10H2. The van der Waals surface area contributed by atoms with E-state index in [-0.39, 0.29) is 6.07 Å². The molecule has 1 aliphatic rings. The number of halogens is 6. The van der Waals surface area contributed by atoms with Crippen molar-refractivity contribution in [2.24, 2.45) is 5.92 Å². The Morgan fingerprint density at radius 3 is 1.86 bits per heavy atom. The zero-order valence-electron chi connectivity index (χ0n) is 15.4. The molecule has 0 aliphatic carbocycles. The van der Waals surface area contributed by atoms with Crippen LogP contribution < -0.4 is 0 Å². The van der Waals surface area contributed by atoms with Gasteiger partial charge in [-0.2, -0.15) is 26.3 Å². The van der Waals surface area contributed by atoms with Crippen molar-refractivity contribution in [3.8, 4) is 0 Å². The first-order valence-electron chi connectivity index (χ1n) is 9.17. The highest BCUT2D eigenvalue weighted by molar-refractivity contribution is 5.94. The minimum absolute atomic E-state index is 0.0306. The normalized spacial score (nSPS) is 16.1. The lowest BCUT2D eigenvalue weighted by Crippen LogP contribution is -2.39. The lowest BCUT2D eigenvalue weighted by Gasteiger charge is -2.32. The third-order valence-electron chi connectivity index (χ3n) is 5.10.